The number of rotatable bonds is 9. The third-order valence-electron chi connectivity index (χ3n) is 4.28. The molecule has 27 heavy (non-hydrogen) atoms. The van der Waals surface area contributed by atoms with Crippen LogP contribution in [0.15, 0.2) is 24.3 Å². The molecule has 0 atom stereocenters. The number of hydrogen-bond acceptors (Lipinski definition) is 7. The van der Waals surface area contributed by atoms with E-state index in [0.717, 1.165) is 6.29 Å². The zero-order valence-corrected chi connectivity index (χ0v) is 16.3. The topological polar surface area (TPSA) is 72.5 Å². The molecule has 7 nitrogen and oxygen atoms in total. The van der Waals surface area contributed by atoms with Crippen LogP contribution in [0.25, 0.3) is 0 Å². The smallest absolute Gasteiger partial charge is 0.203 e. The maximum absolute atomic E-state index is 12.1. The van der Waals surface area contributed by atoms with Gasteiger partial charge in [0, 0.05) is 11.1 Å². The van der Waals surface area contributed by atoms with Gasteiger partial charge >= 0.3 is 0 Å². The van der Waals surface area contributed by atoms with Gasteiger partial charge in [-0.1, -0.05) is 12.1 Å². The lowest BCUT2D eigenvalue weighted by molar-refractivity contribution is -0.108. The fourth-order valence-corrected chi connectivity index (χ4v) is 3.05. The number of carbonyl (C=O) groups excluding carboxylic acids is 1. The summed E-state index contributed by atoms with van der Waals surface area (Å²) in [5.74, 6) is 1.95. The van der Waals surface area contributed by atoms with Crippen molar-refractivity contribution in [3.05, 3.63) is 35.4 Å². The summed E-state index contributed by atoms with van der Waals surface area (Å²) in [6.45, 7) is 0. The van der Waals surface area contributed by atoms with Crippen LogP contribution in [0.5, 0.6) is 34.5 Å². The normalized spacial score (nSPS) is 10.3. The van der Waals surface area contributed by atoms with Crippen molar-refractivity contribution < 1.29 is 33.2 Å². The van der Waals surface area contributed by atoms with Crippen molar-refractivity contribution in [1.29, 1.82) is 0 Å². The molecule has 0 aliphatic heterocycles. The van der Waals surface area contributed by atoms with Gasteiger partial charge in [-0.15, -0.1) is 0 Å². The van der Waals surface area contributed by atoms with E-state index in [1.807, 2.05) is 0 Å². The molecule has 0 heterocycles. The first kappa shape index (κ1) is 20.2. The maximum Gasteiger partial charge on any atom is 0.203 e. The molecular weight excluding hydrogens is 352 g/mol. The molecular formula is C20H24O7. The van der Waals surface area contributed by atoms with Crippen LogP contribution < -0.4 is 28.4 Å². The second-order valence-corrected chi connectivity index (χ2v) is 5.46. The SMILES string of the molecule is COc1ccc(C(C=O)c2ccc(OC)c(OC)c2OC)c(OC)c1OC. The van der Waals surface area contributed by atoms with E-state index in [-0.39, 0.29) is 0 Å². The summed E-state index contributed by atoms with van der Waals surface area (Å²) in [5, 5.41) is 0. The van der Waals surface area contributed by atoms with Crippen LogP contribution in [0.3, 0.4) is 0 Å². The largest absolute Gasteiger partial charge is 0.493 e. The molecule has 146 valence electrons. The summed E-state index contributed by atoms with van der Waals surface area (Å²) in [5.41, 5.74) is 1.21. The summed E-state index contributed by atoms with van der Waals surface area (Å²) in [6.07, 6.45) is 0.813. The van der Waals surface area contributed by atoms with Crippen LogP contribution in [-0.4, -0.2) is 48.9 Å². The number of aldehydes is 1. The van der Waals surface area contributed by atoms with Crippen LogP contribution in [0.4, 0.5) is 0 Å². The Labute approximate surface area is 158 Å². The molecule has 0 saturated heterocycles. The predicted molar refractivity (Wildman–Crippen MR) is 100 cm³/mol. The average Bonchev–Trinajstić information content (AvgIpc) is 2.72. The Hall–Kier alpha value is -3.09. The van der Waals surface area contributed by atoms with E-state index in [1.54, 1.807) is 24.3 Å². The Balaban J connectivity index is 2.73. The van der Waals surface area contributed by atoms with Gasteiger partial charge in [0.05, 0.1) is 48.6 Å². The number of hydrogen-bond donors (Lipinski definition) is 0. The zero-order valence-electron chi connectivity index (χ0n) is 16.3. The monoisotopic (exact) mass is 376 g/mol. The van der Waals surface area contributed by atoms with E-state index in [0.29, 0.717) is 45.6 Å². The van der Waals surface area contributed by atoms with Crippen LogP contribution >= 0.6 is 0 Å². The Morgan fingerprint density at radius 3 is 1.22 bits per heavy atom. The Morgan fingerprint density at radius 2 is 0.963 bits per heavy atom. The van der Waals surface area contributed by atoms with Crippen molar-refractivity contribution in [2.75, 3.05) is 42.7 Å². The molecule has 2 aromatic rings. The van der Waals surface area contributed by atoms with Gasteiger partial charge in [-0.2, -0.15) is 0 Å². The molecule has 2 rings (SSSR count). The lowest BCUT2D eigenvalue weighted by atomic mass is 9.90. The Morgan fingerprint density at radius 1 is 0.593 bits per heavy atom. The van der Waals surface area contributed by atoms with Crippen LogP contribution in [-0.2, 0) is 4.79 Å². The molecule has 0 saturated carbocycles. The minimum Gasteiger partial charge on any atom is -0.493 e. The van der Waals surface area contributed by atoms with E-state index in [1.165, 1.54) is 42.7 Å². The van der Waals surface area contributed by atoms with Gasteiger partial charge in [0.15, 0.2) is 23.0 Å². The fraction of sp³-hybridized carbons (Fsp3) is 0.350. The number of ether oxygens (including phenoxy) is 6. The van der Waals surface area contributed by atoms with E-state index < -0.39 is 5.92 Å². The van der Waals surface area contributed by atoms with Crippen molar-refractivity contribution in [3.63, 3.8) is 0 Å². The van der Waals surface area contributed by atoms with E-state index >= 15 is 0 Å². The van der Waals surface area contributed by atoms with Gasteiger partial charge in [0.2, 0.25) is 11.5 Å². The van der Waals surface area contributed by atoms with E-state index in [2.05, 4.69) is 0 Å². The van der Waals surface area contributed by atoms with Crippen molar-refractivity contribution >= 4 is 6.29 Å². The molecule has 0 amide bonds. The molecule has 0 radical (unpaired) electrons. The minimum absolute atomic E-state index is 0.406. The van der Waals surface area contributed by atoms with Crippen molar-refractivity contribution in [3.8, 4) is 34.5 Å². The number of benzene rings is 2. The van der Waals surface area contributed by atoms with Gasteiger partial charge in [-0.05, 0) is 12.1 Å². The lowest BCUT2D eigenvalue weighted by Crippen LogP contribution is -2.09. The average molecular weight is 376 g/mol. The molecule has 0 spiro atoms. The zero-order chi connectivity index (χ0) is 20.0. The second kappa shape index (κ2) is 9.02. The summed E-state index contributed by atoms with van der Waals surface area (Å²) >= 11 is 0. The second-order valence-electron chi connectivity index (χ2n) is 5.46. The van der Waals surface area contributed by atoms with Gasteiger partial charge in [-0.25, -0.2) is 0 Å². The van der Waals surface area contributed by atoms with E-state index in [4.69, 9.17) is 28.4 Å². The highest BCUT2D eigenvalue weighted by atomic mass is 16.5. The third kappa shape index (κ3) is 3.58. The van der Waals surface area contributed by atoms with Crippen LogP contribution in [0.1, 0.15) is 17.0 Å². The van der Waals surface area contributed by atoms with Crippen LogP contribution in [0.2, 0.25) is 0 Å². The summed E-state index contributed by atoms with van der Waals surface area (Å²) < 4.78 is 32.5. The van der Waals surface area contributed by atoms with Gasteiger partial charge < -0.3 is 33.2 Å². The van der Waals surface area contributed by atoms with Gasteiger partial charge in [0.1, 0.15) is 6.29 Å². The number of methoxy groups -OCH3 is 6. The molecule has 0 aliphatic rings. The van der Waals surface area contributed by atoms with Crippen molar-refractivity contribution in [2.24, 2.45) is 0 Å². The first-order valence-electron chi connectivity index (χ1n) is 8.14. The highest BCUT2D eigenvalue weighted by Gasteiger charge is 2.28. The van der Waals surface area contributed by atoms with Crippen molar-refractivity contribution in [2.45, 2.75) is 5.92 Å². The third-order valence-corrected chi connectivity index (χ3v) is 4.28. The summed E-state index contributed by atoms with van der Waals surface area (Å²) in [4.78, 5) is 12.1. The van der Waals surface area contributed by atoms with E-state index in [9.17, 15) is 4.79 Å². The fourth-order valence-electron chi connectivity index (χ4n) is 3.05. The van der Waals surface area contributed by atoms with Gasteiger partial charge in [-0.3, -0.25) is 0 Å². The molecule has 7 heteroatoms. The molecule has 0 N–H and O–H groups in total. The van der Waals surface area contributed by atoms with Gasteiger partial charge in [0.25, 0.3) is 0 Å². The molecule has 0 unspecified atom stereocenters. The molecule has 2 aromatic carbocycles. The van der Waals surface area contributed by atoms with Crippen LogP contribution in [0, 0.1) is 0 Å². The highest BCUT2D eigenvalue weighted by Crippen LogP contribution is 2.48. The molecule has 0 fully saturated rings. The minimum atomic E-state index is -0.686. The Kier molecular flexibility index (Phi) is 6.76. The maximum atomic E-state index is 12.1. The lowest BCUT2D eigenvalue weighted by Gasteiger charge is -2.22. The molecule has 0 aliphatic carbocycles. The standard InChI is InChI=1S/C20H24O7/c1-22-15-9-7-12(17(24-3)19(15)26-5)14(11-21)13-8-10-16(23-2)20(27-6)18(13)25-4/h7-11,14H,1-6H3. The summed E-state index contributed by atoms with van der Waals surface area (Å²) in [7, 11) is 9.11. The predicted octanol–water partition coefficient (Wildman–Crippen LogP) is 3.07. The van der Waals surface area contributed by atoms with Crippen molar-refractivity contribution in [1.82, 2.24) is 0 Å². The molecule has 0 bridgehead atoms. The quantitative estimate of drug-likeness (QED) is 0.623. The first-order chi connectivity index (χ1) is 13.1. The highest BCUT2D eigenvalue weighted by molar-refractivity contribution is 5.76. The first-order valence-corrected chi connectivity index (χ1v) is 8.14. The Bertz CT molecular complexity index is 738. The summed E-state index contributed by atoms with van der Waals surface area (Å²) in [6, 6.07) is 6.96. The molecule has 0 aromatic heterocycles. The number of carbonyl (C=O) groups is 1.